The molecule has 1 aliphatic carbocycles. The Morgan fingerprint density at radius 3 is 2.39 bits per heavy atom. The highest BCUT2D eigenvalue weighted by atomic mass is 16.6. The first-order chi connectivity index (χ1) is 11.0. The summed E-state index contributed by atoms with van der Waals surface area (Å²) in [4.78, 5) is 12.2. The van der Waals surface area contributed by atoms with Gasteiger partial charge in [0.15, 0.2) is 0 Å². The van der Waals surface area contributed by atoms with Crippen molar-refractivity contribution in [2.45, 2.75) is 58.0 Å². The van der Waals surface area contributed by atoms with Gasteiger partial charge in [-0.3, -0.25) is 0 Å². The van der Waals surface area contributed by atoms with Gasteiger partial charge in [-0.25, -0.2) is 4.79 Å². The molecule has 0 spiro atoms. The Morgan fingerprint density at radius 1 is 1.26 bits per heavy atom. The van der Waals surface area contributed by atoms with Crippen molar-refractivity contribution >= 4 is 5.97 Å². The smallest absolute Gasteiger partial charge is 0.333 e. The van der Waals surface area contributed by atoms with Crippen molar-refractivity contribution in [2.24, 2.45) is 5.92 Å². The Morgan fingerprint density at radius 2 is 1.87 bits per heavy atom. The minimum Gasteiger partial charge on any atom is -0.451 e. The number of hydrogen-bond acceptors (Lipinski definition) is 2. The van der Waals surface area contributed by atoms with Crippen molar-refractivity contribution < 1.29 is 9.53 Å². The summed E-state index contributed by atoms with van der Waals surface area (Å²) in [6.07, 6.45) is 8.66. The zero-order valence-electron chi connectivity index (χ0n) is 14.4. The first kappa shape index (κ1) is 17.5. The molecule has 0 saturated heterocycles. The van der Waals surface area contributed by atoms with Crippen molar-refractivity contribution in [3.05, 3.63) is 60.2 Å². The summed E-state index contributed by atoms with van der Waals surface area (Å²) in [5.41, 5.74) is 2.17. The third-order valence-electron chi connectivity index (χ3n) is 4.94. The van der Waals surface area contributed by atoms with Gasteiger partial charge < -0.3 is 4.74 Å². The molecule has 0 heterocycles. The minimum atomic E-state index is -0.580. The van der Waals surface area contributed by atoms with E-state index >= 15 is 0 Å². The second-order valence-electron chi connectivity index (χ2n) is 6.80. The lowest BCUT2D eigenvalue weighted by Gasteiger charge is -2.40. The van der Waals surface area contributed by atoms with Crippen LogP contribution in [0.5, 0.6) is 0 Å². The van der Waals surface area contributed by atoms with E-state index < -0.39 is 5.60 Å². The topological polar surface area (TPSA) is 26.3 Å². The Labute approximate surface area is 140 Å². The van der Waals surface area contributed by atoms with Crippen LogP contribution in [0.3, 0.4) is 0 Å². The van der Waals surface area contributed by atoms with Crippen LogP contribution in [0.2, 0.25) is 0 Å². The number of carbonyl (C=O) groups is 1. The number of ether oxygens (including phenoxy) is 1. The molecule has 2 rings (SSSR count). The van der Waals surface area contributed by atoms with Gasteiger partial charge in [-0.05, 0) is 44.2 Å². The van der Waals surface area contributed by atoms with Crippen molar-refractivity contribution in [1.29, 1.82) is 0 Å². The van der Waals surface area contributed by atoms with Gasteiger partial charge in [0.05, 0.1) is 0 Å². The van der Waals surface area contributed by atoms with E-state index in [1.165, 1.54) is 24.8 Å². The highest BCUT2D eigenvalue weighted by Gasteiger charge is 2.40. The predicted octanol–water partition coefficient (Wildman–Crippen LogP) is 5.33. The number of allylic oxidation sites excluding steroid dienone is 1. The molecule has 0 amide bonds. The van der Waals surface area contributed by atoms with Gasteiger partial charge in [0.2, 0.25) is 0 Å². The number of hydrogen-bond donors (Lipinski definition) is 0. The molecule has 0 radical (unpaired) electrons. The molecule has 1 atom stereocenters. The summed E-state index contributed by atoms with van der Waals surface area (Å²) in [6, 6.07) is 8.40. The first-order valence-corrected chi connectivity index (χ1v) is 8.56. The van der Waals surface area contributed by atoms with Gasteiger partial charge in [0.1, 0.15) is 5.60 Å². The summed E-state index contributed by atoms with van der Waals surface area (Å²) in [6.45, 7) is 11.3. The maximum Gasteiger partial charge on any atom is 0.333 e. The van der Waals surface area contributed by atoms with Crippen molar-refractivity contribution in [2.75, 3.05) is 0 Å². The molecular formula is C21H28O2. The third-order valence-corrected chi connectivity index (χ3v) is 4.94. The average Bonchev–Trinajstić information content (AvgIpc) is 2.56. The lowest BCUT2D eigenvalue weighted by molar-refractivity contribution is -0.162. The fourth-order valence-corrected chi connectivity index (χ4v) is 3.45. The highest BCUT2D eigenvalue weighted by Crippen LogP contribution is 2.42. The van der Waals surface area contributed by atoms with Crippen LogP contribution in [0.25, 0.3) is 0 Å². The molecule has 1 aromatic carbocycles. The van der Waals surface area contributed by atoms with Crippen molar-refractivity contribution in [3.8, 4) is 0 Å². The molecule has 0 aliphatic heterocycles. The van der Waals surface area contributed by atoms with Gasteiger partial charge in [-0.15, -0.1) is 6.58 Å². The van der Waals surface area contributed by atoms with Gasteiger partial charge in [-0.2, -0.15) is 0 Å². The van der Waals surface area contributed by atoms with Crippen molar-refractivity contribution in [1.82, 2.24) is 0 Å². The number of benzene rings is 1. The van der Waals surface area contributed by atoms with Crippen LogP contribution in [0.15, 0.2) is 49.1 Å². The Hall–Kier alpha value is -1.83. The summed E-state index contributed by atoms with van der Waals surface area (Å²) in [5.74, 6) is 0.0676. The van der Waals surface area contributed by atoms with E-state index in [0.29, 0.717) is 11.5 Å². The molecule has 0 aromatic heterocycles. The molecule has 0 bridgehead atoms. The fourth-order valence-electron chi connectivity index (χ4n) is 3.45. The van der Waals surface area contributed by atoms with E-state index in [2.05, 4.69) is 44.3 Å². The standard InChI is InChI=1S/C21H28O2/c1-5-9-17-12-14-19(15-13-17)21(4,23-20(22)16(2)3)18-10-7-6-8-11-18/h5,12-15,18H,1-2,6-11H2,3-4H3. The third kappa shape index (κ3) is 4.13. The molecule has 0 N–H and O–H groups in total. The molecule has 1 aliphatic rings. The molecule has 124 valence electrons. The lowest BCUT2D eigenvalue weighted by Crippen LogP contribution is -2.38. The number of rotatable bonds is 6. The van der Waals surface area contributed by atoms with E-state index in [-0.39, 0.29) is 5.97 Å². The minimum absolute atomic E-state index is 0.298. The molecule has 1 aromatic rings. The van der Waals surface area contributed by atoms with E-state index in [1.54, 1.807) is 6.92 Å². The fraction of sp³-hybridized carbons (Fsp3) is 0.476. The molecule has 2 nitrogen and oxygen atoms in total. The molecular weight excluding hydrogens is 284 g/mol. The SMILES string of the molecule is C=CCc1ccc(C(C)(OC(=O)C(=C)C)C2CCCCC2)cc1. The molecule has 1 fully saturated rings. The van der Waals surface area contributed by atoms with Gasteiger partial charge >= 0.3 is 5.97 Å². The van der Waals surface area contributed by atoms with Gasteiger partial charge in [0, 0.05) is 11.5 Å². The van der Waals surface area contributed by atoms with Crippen molar-refractivity contribution in [3.63, 3.8) is 0 Å². The quantitative estimate of drug-likeness (QED) is 0.403. The average molecular weight is 312 g/mol. The normalized spacial score (nSPS) is 18.0. The maximum atomic E-state index is 12.2. The largest absolute Gasteiger partial charge is 0.451 e. The highest BCUT2D eigenvalue weighted by molar-refractivity contribution is 5.87. The van der Waals surface area contributed by atoms with Crippen LogP contribution in [-0.4, -0.2) is 5.97 Å². The van der Waals surface area contributed by atoms with Gasteiger partial charge in [-0.1, -0.05) is 56.2 Å². The second-order valence-corrected chi connectivity index (χ2v) is 6.80. The number of carbonyl (C=O) groups excluding carboxylic acids is 1. The van der Waals surface area contributed by atoms with Gasteiger partial charge in [0.25, 0.3) is 0 Å². The zero-order chi connectivity index (χ0) is 16.9. The van der Waals surface area contributed by atoms with Crippen LogP contribution < -0.4 is 0 Å². The molecule has 23 heavy (non-hydrogen) atoms. The zero-order valence-corrected chi connectivity index (χ0v) is 14.4. The summed E-state index contributed by atoms with van der Waals surface area (Å²) in [7, 11) is 0. The van der Waals surface area contributed by atoms with E-state index in [4.69, 9.17) is 4.74 Å². The maximum absolute atomic E-state index is 12.2. The van der Waals surface area contributed by atoms with E-state index in [1.807, 2.05) is 6.08 Å². The summed E-state index contributed by atoms with van der Waals surface area (Å²) in [5, 5.41) is 0. The molecule has 2 heteroatoms. The second kappa shape index (κ2) is 7.63. The van der Waals surface area contributed by atoms with Crippen LogP contribution in [0, 0.1) is 5.92 Å². The Kier molecular flexibility index (Phi) is 5.81. The molecule has 1 saturated carbocycles. The van der Waals surface area contributed by atoms with E-state index in [0.717, 1.165) is 24.8 Å². The lowest BCUT2D eigenvalue weighted by atomic mass is 9.74. The monoisotopic (exact) mass is 312 g/mol. The van der Waals surface area contributed by atoms with Crippen LogP contribution in [0.1, 0.15) is 57.1 Å². The van der Waals surface area contributed by atoms with Crippen LogP contribution >= 0.6 is 0 Å². The predicted molar refractivity (Wildman–Crippen MR) is 95.2 cm³/mol. The Bertz CT molecular complexity index is 564. The summed E-state index contributed by atoms with van der Waals surface area (Å²) < 4.78 is 5.97. The van der Waals surface area contributed by atoms with Crippen LogP contribution in [0.4, 0.5) is 0 Å². The van der Waals surface area contributed by atoms with Crippen LogP contribution in [-0.2, 0) is 21.6 Å². The Balaban J connectivity index is 2.32. The number of esters is 1. The summed E-state index contributed by atoms with van der Waals surface area (Å²) >= 11 is 0. The molecule has 1 unspecified atom stereocenters. The first-order valence-electron chi connectivity index (χ1n) is 8.56. The van der Waals surface area contributed by atoms with E-state index in [9.17, 15) is 4.79 Å².